The zero-order valence-electron chi connectivity index (χ0n) is 11.2. The van der Waals surface area contributed by atoms with E-state index >= 15 is 0 Å². The lowest BCUT2D eigenvalue weighted by Gasteiger charge is -2.04. The van der Waals surface area contributed by atoms with Crippen molar-refractivity contribution in [3.05, 3.63) is 40.8 Å². The van der Waals surface area contributed by atoms with E-state index in [2.05, 4.69) is 27.3 Å². The minimum Gasteiger partial charge on any atom is -0.338 e. The zero-order chi connectivity index (χ0) is 14.5. The van der Waals surface area contributed by atoms with Gasteiger partial charge in [0.25, 0.3) is 5.91 Å². The molecule has 1 amide bonds. The Hall–Kier alpha value is -2.65. The van der Waals surface area contributed by atoms with E-state index in [0.717, 1.165) is 11.3 Å². The molecule has 0 bridgehead atoms. The molecule has 2 heterocycles. The van der Waals surface area contributed by atoms with Crippen LogP contribution in [0.4, 0.5) is 5.88 Å². The predicted octanol–water partition coefficient (Wildman–Crippen LogP) is 1.25. The summed E-state index contributed by atoms with van der Waals surface area (Å²) in [5.41, 5.74) is 7.79. The van der Waals surface area contributed by atoms with Gasteiger partial charge in [0.05, 0.1) is 23.4 Å². The molecule has 0 aliphatic rings. The van der Waals surface area contributed by atoms with Gasteiger partial charge in [-0.05, 0) is 19.9 Å². The van der Waals surface area contributed by atoms with Crippen molar-refractivity contribution >= 4 is 11.8 Å². The quantitative estimate of drug-likeness (QED) is 0.801. The molecule has 0 saturated carbocycles. The lowest BCUT2D eigenvalue weighted by Crippen LogP contribution is -2.14. The van der Waals surface area contributed by atoms with E-state index in [9.17, 15) is 4.79 Å². The standard InChI is InChI=1S/C14H14N4O2/c1-9-10(2)18-20-14(9)17-13(19)12-5-7-16-8-11(12)4-3-6-15/h5,7-8H,6,15H2,1-2H3,(H,17,19). The number of carbonyl (C=O) groups is 1. The molecule has 6 heteroatoms. The van der Waals surface area contributed by atoms with Gasteiger partial charge < -0.3 is 10.3 Å². The van der Waals surface area contributed by atoms with Crippen molar-refractivity contribution in [3.63, 3.8) is 0 Å². The third-order valence-electron chi connectivity index (χ3n) is 2.78. The van der Waals surface area contributed by atoms with E-state index in [-0.39, 0.29) is 12.5 Å². The maximum absolute atomic E-state index is 12.2. The third kappa shape index (κ3) is 2.84. The summed E-state index contributed by atoms with van der Waals surface area (Å²) in [6.45, 7) is 3.85. The van der Waals surface area contributed by atoms with E-state index in [0.29, 0.717) is 17.0 Å². The molecule has 102 valence electrons. The minimum atomic E-state index is -0.326. The molecule has 0 saturated heterocycles. The lowest BCUT2D eigenvalue weighted by atomic mass is 10.1. The molecule has 0 spiro atoms. The fourth-order valence-corrected chi connectivity index (χ4v) is 1.54. The van der Waals surface area contributed by atoms with Crippen molar-refractivity contribution < 1.29 is 9.32 Å². The summed E-state index contributed by atoms with van der Waals surface area (Å²) in [5, 5.41) is 6.46. The van der Waals surface area contributed by atoms with Gasteiger partial charge in [-0.3, -0.25) is 15.1 Å². The van der Waals surface area contributed by atoms with E-state index in [1.807, 2.05) is 6.92 Å². The number of aromatic nitrogens is 2. The molecule has 0 fully saturated rings. The first-order valence-corrected chi connectivity index (χ1v) is 6.00. The largest absolute Gasteiger partial charge is 0.338 e. The second-order valence-corrected chi connectivity index (χ2v) is 4.10. The smallest absolute Gasteiger partial charge is 0.259 e. The number of hydrogen-bond donors (Lipinski definition) is 2. The van der Waals surface area contributed by atoms with Gasteiger partial charge in [0.15, 0.2) is 0 Å². The second kappa shape index (κ2) is 5.99. The van der Waals surface area contributed by atoms with Crippen LogP contribution in [0.5, 0.6) is 0 Å². The summed E-state index contributed by atoms with van der Waals surface area (Å²) in [5.74, 6) is 5.53. The van der Waals surface area contributed by atoms with E-state index < -0.39 is 0 Å². The molecule has 3 N–H and O–H groups in total. The van der Waals surface area contributed by atoms with Crippen molar-refractivity contribution in [2.75, 3.05) is 11.9 Å². The number of rotatable bonds is 2. The number of amides is 1. The highest BCUT2D eigenvalue weighted by molar-refractivity contribution is 6.05. The van der Waals surface area contributed by atoms with Gasteiger partial charge in [0.2, 0.25) is 5.88 Å². The average Bonchev–Trinajstić information content (AvgIpc) is 2.77. The number of aryl methyl sites for hydroxylation is 1. The molecule has 0 aliphatic carbocycles. The monoisotopic (exact) mass is 270 g/mol. The number of nitrogens with two attached hydrogens (primary N) is 1. The first-order chi connectivity index (χ1) is 9.63. The van der Waals surface area contributed by atoms with Crippen LogP contribution in [-0.2, 0) is 0 Å². The Balaban J connectivity index is 2.28. The Labute approximate surface area is 116 Å². The Kier molecular flexibility index (Phi) is 4.13. The van der Waals surface area contributed by atoms with Gasteiger partial charge in [-0.2, -0.15) is 0 Å². The van der Waals surface area contributed by atoms with E-state index in [4.69, 9.17) is 10.3 Å². The molecular weight excluding hydrogens is 256 g/mol. The summed E-state index contributed by atoms with van der Waals surface area (Å²) in [6, 6.07) is 1.59. The van der Waals surface area contributed by atoms with Crippen LogP contribution in [0.2, 0.25) is 0 Å². The van der Waals surface area contributed by atoms with Crippen LogP contribution in [-0.4, -0.2) is 22.6 Å². The maximum atomic E-state index is 12.2. The number of nitrogens with one attached hydrogen (secondary N) is 1. The lowest BCUT2D eigenvalue weighted by molar-refractivity contribution is 0.102. The molecule has 0 unspecified atom stereocenters. The van der Waals surface area contributed by atoms with Gasteiger partial charge in [0.1, 0.15) is 0 Å². The predicted molar refractivity (Wildman–Crippen MR) is 74.1 cm³/mol. The maximum Gasteiger partial charge on any atom is 0.259 e. The van der Waals surface area contributed by atoms with Gasteiger partial charge in [-0.15, -0.1) is 0 Å². The second-order valence-electron chi connectivity index (χ2n) is 4.10. The molecule has 6 nitrogen and oxygen atoms in total. The highest BCUT2D eigenvalue weighted by atomic mass is 16.5. The Morgan fingerprint density at radius 2 is 2.30 bits per heavy atom. The van der Waals surface area contributed by atoms with Crippen molar-refractivity contribution in [3.8, 4) is 11.8 Å². The molecule has 2 rings (SSSR count). The number of nitrogens with zero attached hydrogens (tertiary/aromatic N) is 2. The van der Waals surface area contributed by atoms with Crippen LogP contribution in [0.15, 0.2) is 23.0 Å². The number of hydrogen-bond acceptors (Lipinski definition) is 5. The number of anilines is 1. The van der Waals surface area contributed by atoms with Crippen LogP contribution in [0, 0.1) is 25.7 Å². The van der Waals surface area contributed by atoms with Crippen LogP contribution in [0.25, 0.3) is 0 Å². The van der Waals surface area contributed by atoms with Gasteiger partial charge in [0, 0.05) is 18.0 Å². The van der Waals surface area contributed by atoms with Crippen LogP contribution < -0.4 is 11.1 Å². The van der Waals surface area contributed by atoms with Crippen molar-refractivity contribution in [1.82, 2.24) is 10.1 Å². The highest BCUT2D eigenvalue weighted by Gasteiger charge is 2.15. The minimum absolute atomic E-state index is 0.219. The third-order valence-corrected chi connectivity index (χ3v) is 2.78. The summed E-state index contributed by atoms with van der Waals surface area (Å²) in [7, 11) is 0. The summed E-state index contributed by atoms with van der Waals surface area (Å²) in [4.78, 5) is 16.2. The first-order valence-electron chi connectivity index (χ1n) is 6.00. The normalized spacial score (nSPS) is 9.75. The molecule has 0 aliphatic heterocycles. The Morgan fingerprint density at radius 3 is 2.95 bits per heavy atom. The van der Waals surface area contributed by atoms with Crippen LogP contribution in [0.1, 0.15) is 27.2 Å². The summed E-state index contributed by atoms with van der Waals surface area (Å²) >= 11 is 0. The highest BCUT2D eigenvalue weighted by Crippen LogP contribution is 2.18. The molecule has 0 aromatic carbocycles. The molecule has 0 atom stereocenters. The van der Waals surface area contributed by atoms with Crippen molar-refractivity contribution in [2.45, 2.75) is 13.8 Å². The first kappa shape index (κ1) is 13.8. The molecule has 0 radical (unpaired) electrons. The van der Waals surface area contributed by atoms with Crippen LogP contribution >= 0.6 is 0 Å². The number of carbonyl (C=O) groups excluding carboxylic acids is 1. The Morgan fingerprint density at radius 1 is 1.50 bits per heavy atom. The van der Waals surface area contributed by atoms with Gasteiger partial charge in [-0.25, -0.2) is 0 Å². The molecule has 2 aromatic heterocycles. The van der Waals surface area contributed by atoms with E-state index in [1.54, 1.807) is 13.0 Å². The van der Waals surface area contributed by atoms with Gasteiger partial charge in [-0.1, -0.05) is 17.0 Å². The summed E-state index contributed by atoms with van der Waals surface area (Å²) in [6.07, 6.45) is 3.05. The molecule has 20 heavy (non-hydrogen) atoms. The fourth-order valence-electron chi connectivity index (χ4n) is 1.54. The molecular formula is C14H14N4O2. The number of pyridine rings is 1. The SMILES string of the molecule is Cc1noc(NC(=O)c2ccncc2C#CCN)c1C. The Bertz CT molecular complexity index is 695. The van der Waals surface area contributed by atoms with E-state index in [1.165, 1.54) is 12.4 Å². The fraction of sp³-hybridized carbons (Fsp3) is 0.214. The summed E-state index contributed by atoms with van der Waals surface area (Å²) < 4.78 is 5.05. The zero-order valence-corrected chi connectivity index (χ0v) is 11.2. The van der Waals surface area contributed by atoms with Crippen molar-refractivity contribution in [1.29, 1.82) is 0 Å². The average molecular weight is 270 g/mol. The van der Waals surface area contributed by atoms with Gasteiger partial charge >= 0.3 is 0 Å². The van der Waals surface area contributed by atoms with Crippen molar-refractivity contribution in [2.24, 2.45) is 5.73 Å². The topological polar surface area (TPSA) is 94.0 Å². The van der Waals surface area contributed by atoms with Crippen LogP contribution in [0.3, 0.4) is 0 Å². The molecule has 2 aromatic rings.